The first-order valence-electron chi connectivity index (χ1n) is 6.50. The third-order valence-electron chi connectivity index (χ3n) is 3.35. The molecule has 0 radical (unpaired) electrons. The Balaban J connectivity index is 1.91. The van der Waals surface area contributed by atoms with Crippen molar-refractivity contribution < 1.29 is 4.74 Å². The summed E-state index contributed by atoms with van der Waals surface area (Å²) in [4.78, 5) is 7.72. The second-order valence-corrected chi connectivity index (χ2v) is 4.62. The zero-order valence-electron chi connectivity index (χ0n) is 10.7. The molecule has 3 heteroatoms. The zero-order valence-corrected chi connectivity index (χ0v) is 10.7. The van der Waals surface area contributed by atoms with Crippen LogP contribution in [0.15, 0.2) is 66.9 Å². The summed E-state index contributed by atoms with van der Waals surface area (Å²) in [7, 11) is 0. The summed E-state index contributed by atoms with van der Waals surface area (Å²) >= 11 is 0. The molecule has 2 aromatic carbocycles. The molecule has 0 atom stereocenters. The van der Waals surface area contributed by atoms with E-state index in [0.717, 1.165) is 22.2 Å². The van der Waals surface area contributed by atoms with Gasteiger partial charge in [-0.05, 0) is 24.3 Å². The lowest BCUT2D eigenvalue weighted by Crippen LogP contribution is -1.88. The number of hydrogen-bond donors (Lipinski definition) is 1. The Morgan fingerprint density at radius 2 is 1.60 bits per heavy atom. The lowest BCUT2D eigenvalue weighted by molar-refractivity contribution is 0.468. The standard InChI is InChI=1S/C17H12N2O/c1-2-6-12(7-3-1)20-17-16-14(10-11-18-17)13-8-4-5-9-15(13)19-16/h1-11,19H. The van der Waals surface area contributed by atoms with Crippen LogP contribution >= 0.6 is 0 Å². The first-order chi connectivity index (χ1) is 9.92. The van der Waals surface area contributed by atoms with Crippen molar-refractivity contribution in [2.75, 3.05) is 0 Å². The number of aromatic amines is 1. The molecule has 0 aliphatic carbocycles. The highest BCUT2D eigenvalue weighted by molar-refractivity contribution is 6.08. The van der Waals surface area contributed by atoms with Gasteiger partial charge in [0.15, 0.2) is 0 Å². The lowest BCUT2D eigenvalue weighted by Gasteiger charge is -2.04. The molecule has 1 N–H and O–H groups in total. The molecule has 96 valence electrons. The molecule has 0 saturated heterocycles. The molecule has 2 aromatic heterocycles. The van der Waals surface area contributed by atoms with E-state index in [1.165, 1.54) is 5.39 Å². The number of ether oxygens (including phenoxy) is 1. The van der Waals surface area contributed by atoms with E-state index in [1.807, 2.05) is 48.5 Å². The summed E-state index contributed by atoms with van der Waals surface area (Å²) in [6.07, 6.45) is 1.78. The average Bonchev–Trinajstić information content (AvgIpc) is 2.88. The minimum Gasteiger partial charge on any atom is -0.437 e. The second-order valence-electron chi connectivity index (χ2n) is 4.62. The first-order valence-corrected chi connectivity index (χ1v) is 6.50. The fourth-order valence-electron chi connectivity index (χ4n) is 2.43. The highest BCUT2D eigenvalue weighted by Gasteiger charge is 2.10. The second kappa shape index (κ2) is 4.38. The van der Waals surface area contributed by atoms with Gasteiger partial charge in [-0.1, -0.05) is 36.4 Å². The maximum absolute atomic E-state index is 5.88. The van der Waals surface area contributed by atoms with Crippen LogP contribution in [0.3, 0.4) is 0 Å². The number of nitrogens with one attached hydrogen (secondary N) is 1. The van der Waals surface area contributed by atoms with Gasteiger partial charge in [-0.25, -0.2) is 4.98 Å². The Morgan fingerprint density at radius 1 is 0.800 bits per heavy atom. The van der Waals surface area contributed by atoms with Crippen molar-refractivity contribution in [2.45, 2.75) is 0 Å². The maximum atomic E-state index is 5.88. The zero-order chi connectivity index (χ0) is 13.4. The minimum atomic E-state index is 0.602. The van der Waals surface area contributed by atoms with E-state index in [1.54, 1.807) is 6.20 Å². The van der Waals surface area contributed by atoms with Crippen molar-refractivity contribution in [1.29, 1.82) is 0 Å². The minimum absolute atomic E-state index is 0.602. The van der Waals surface area contributed by atoms with Crippen molar-refractivity contribution in [3.63, 3.8) is 0 Å². The largest absolute Gasteiger partial charge is 0.437 e. The summed E-state index contributed by atoms with van der Waals surface area (Å²) in [5.41, 5.74) is 2.02. The van der Waals surface area contributed by atoms with E-state index in [-0.39, 0.29) is 0 Å². The molecule has 2 heterocycles. The van der Waals surface area contributed by atoms with Crippen LogP contribution in [0, 0.1) is 0 Å². The predicted octanol–water partition coefficient (Wildman–Crippen LogP) is 4.51. The van der Waals surface area contributed by atoms with Gasteiger partial charge in [-0.3, -0.25) is 0 Å². The number of benzene rings is 2. The molecule has 4 rings (SSSR count). The number of para-hydroxylation sites is 2. The van der Waals surface area contributed by atoms with Crippen molar-refractivity contribution in [1.82, 2.24) is 9.97 Å². The fourth-order valence-corrected chi connectivity index (χ4v) is 2.43. The van der Waals surface area contributed by atoms with E-state index < -0.39 is 0 Å². The average molecular weight is 260 g/mol. The van der Waals surface area contributed by atoms with Gasteiger partial charge in [-0.15, -0.1) is 0 Å². The molecule has 0 unspecified atom stereocenters. The highest BCUT2D eigenvalue weighted by atomic mass is 16.5. The molecule has 4 aromatic rings. The number of aromatic nitrogens is 2. The molecule has 0 saturated carbocycles. The highest BCUT2D eigenvalue weighted by Crippen LogP contribution is 2.31. The number of nitrogens with zero attached hydrogens (tertiary/aromatic N) is 1. The number of H-pyrrole nitrogens is 1. The molecule has 0 aliphatic heterocycles. The van der Waals surface area contributed by atoms with Crippen LogP contribution < -0.4 is 4.74 Å². The Kier molecular flexibility index (Phi) is 2.42. The van der Waals surface area contributed by atoms with Crippen LogP contribution in [0.25, 0.3) is 21.8 Å². The summed E-state index contributed by atoms with van der Waals surface area (Å²) in [5, 5.41) is 2.31. The number of fused-ring (bicyclic) bond motifs is 3. The van der Waals surface area contributed by atoms with E-state index in [9.17, 15) is 0 Å². The molecule has 0 bridgehead atoms. The normalized spacial score (nSPS) is 11.0. The summed E-state index contributed by atoms with van der Waals surface area (Å²) < 4.78 is 5.88. The van der Waals surface area contributed by atoms with Crippen LogP contribution in [0.1, 0.15) is 0 Å². The number of rotatable bonds is 2. The Morgan fingerprint density at radius 3 is 2.50 bits per heavy atom. The van der Waals surface area contributed by atoms with E-state index in [0.29, 0.717) is 5.88 Å². The molecule has 20 heavy (non-hydrogen) atoms. The molecule has 0 amide bonds. The van der Waals surface area contributed by atoms with Crippen molar-refractivity contribution in [3.8, 4) is 11.6 Å². The van der Waals surface area contributed by atoms with Crippen LogP contribution in [0.4, 0.5) is 0 Å². The molecule has 3 nitrogen and oxygen atoms in total. The van der Waals surface area contributed by atoms with Gasteiger partial charge in [0.25, 0.3) is 0 Å². The van der Waals surface area contributed by atoms with Gasteiger partial charge < -0.3 is 9.72 Å². The Hall–Kier alpha value is -2.81. The smallest absolute Gasteiger partial charge is 0.243 e. The molecule has 0 aliphatic rings. The first kappa shape index (κ1) is 11.1. The van der Waals surface area contributed by atoms with Gasteiger partial charge in [0, 0.05) is 22.5 Å². The number of hydrogen-bond acceptors (Lipinski definition) is 2. The van der Waals surface area contributed by atoms with Crippen LogP contribution in [-0.2, 0) is 0 Å². The van der Waals surface area contributed by atoms with Crippen molar-refractivity contribution >= 4 is 21.8 Å². The monoisotopic (exact) mass is 260 g/mol. The lowest BCUT2D eigenvalue weighted by atomic mass is 10.2. The SMILES string of the molecule is c1ccc(Oc2nccc3c2[nH]c2ccccc23)cc1. The van der Waals surface area contributed by atoms with Gasteiger partial charge in [-0.2, -0.15) is 0 Å². The van der Waals surface area contributed by atoms with Gasteiger partial charge in [0.1, 0.15) is 11.3 Å². The summed E-state index contributed by atoms with van der Waals surface area (Å²) in [5.74, 6) is 1.39. The van der Waals surface area contributed by atoms with Crippen LogP contribution in [0.5, 0.6) is 11.6 Å². The third kappa shape index (κ3) is 1.72. The van der Waals surface area contributed by atoms with Crippen LogP contribution in [-0.4, -0.2) is 9.97 Å². The topological polar surface area (TPSA) is 37.9 Å². The Bertz CT molecular complexity index is 881. The molecular formula is C17H12N2O. The molecular weight excluding hydrogens is 248 g/mol. The van der Waals surface area contributed by atoms with Gasteiger partial charge in [0.05, 0.1) is 0 Å². The van der Waals surface area contributed by atoms with Gasteiger partial charge >= 0.3 is 0 Å². The quantitative estimate of drug-likeness (QED) is 0.576. The van der Waals surface area contributed by atoms with E-state index in [4.69, 9.17) is 4.74 Å². The molecule has 0 fully saturated rings. The van der Waals surface area contributed by atoms with Crippen molar-refractivity contribution in [3.05, 3.63) is 66.9 Å². The summed E-state index contributed by atoms with van der Waals surface area (Å²) in [6.45, 7) is 0. The van der Waals surface area contributed by atoms with E-state index >= 15 is 0 Å². The van der Waals surface area contributed by atoms with E-state index in [2.05, 4.69) is 22.1 Å². The van der Waals surface area contributed by atoms with Crippen LogP contribution in [0.2, 0.25) is 0 Å². The maximum Gasteiger partial charge on any atom is 0.243 e. The third-order valence-corrected chi connectivity index (χ3v) is 3.35. The molecule has 0 spiro atoms. The summed E-state index contributed by atoms with van der Waals surface area (Å²) in [6, 6.07) is 19.9. The fraction of sp³-hybridized carbons (Fsp3) is 0. The predicted molar refractivity (Wildman–Crippen MR) is 80.1 cm³/mol. The number of pyridine rings is 1. The Labute approximate surface area is 115 Å². The van der Waals surface area contributed by atoms with Gasteiger partial charge in [0.2, 0.25) is 5.88 Å². The van der Waals surface area contributed by atoms with Crippen molar-refractivity contribution in [2.24, 2.45) is 0 Å².